The molecule has 0 bridgehead atoms. The molecule has 0 fully saturated rings. The van der Waals surface area contributed by atoms with Crippen LogP contribution in [0.5, 0.6) is 0 Å². The van der Waals surface area contributed by atoms with Gasteiger partial charge in [-0.15, -0.1) is 0 Å². The van der Waals surface area contributed by atoms with E-state index in [0.29, 0.717) is 12.3 Å². The van der Waals surface area contributed by atoms with E-state index in [-0.39, 0.29) is 18.3 Å². The number of ether oxygens (including phenoxy) is 1. The van der Waals surface area contributed by atoms with Crippen molar-refractivity contribution in [3.8, 4) is 0 Å². The fraction of sp³-hybridized carbons (Fsp3) is 0.385. The summed E-state index contributed by atoms with van der Waals surface area (Å²) in [4.78, 5) is 11.5. The minimum absolute atomic E-state index is 0.188. The van der Waals surface area contributed by atoms with Crippen LogP contribution in [0.3, 0.4) is 0 Å². The zero-order valence-electron chi connectivity index (χ0n) is 10.1. The number of hydrogen-bond acceptors (Lipinski definition) is 4. The molecule has 0 unspecified atom stereocenters. The highest BCUT2D eigenvalue weighted by Gasteiger charge is 2.20. The monoisotopic (exact) mass is 235 g/mol. The van der Waals surface area contributed by atoms with Gasteiger partial charge in [-0.2, -0.15) is 0 Å². The maximum Gasteiger partial charge on any atom is 0.306 e. The van der Waals surface area contributed by atoms with Crippen LogP contribution in [0, 0.1) is 0 Å². The lowest BCUT2D eigenvalue weighted by molar-refractivity contribution is -0.143. The Bertz CT molecular complexity index is 387. The van der Waals surface area contributed by atoms with Gasteiger partial charge >= 0.3 is 5.97 Å². The minimum atomic E-state index is -0.288. The molecule has 0 aliphatic carbocycles. The first-order valence-electron chi connectivity index (χ1n) is 5.58. The van der Waals surface area contributed by atoms with E-state index in [1.807, 2.05) is 30.3 Å². The Balaban J connectivity index is 2.86. The predicted molar refractivity (Wildman–Crippen MR) is 65.3 cm³/mol. The molecule has 1 aromatic carbocycles. The van der Waals surface area contributed by atoms with Crippen LogP contribution in [-0.2, 0) is 9.53 Å². The average molecular weight is 235 g/mol. The van der Waals surface area contributed by atoms with Gasteiger partial charge in [-0.3, -0.25) is 4.79 Å². The van der Waals surface area contributed by atoms with Crippen LogP contribution >= 0.6 is 0 Å². The molecule has 0 aromatic heterocycles. The van der Waals surface area contributed by atoms with Crippen molar-refractivity contribution >= 4 is 11.7 Å². The molecule has 0 radical (unpaired) electrons. The molecule has 0 heterocycles. The smallest absolute Gasteiger partial charge is 0.306 e. The summed E-state index contributed by atoms with van der Waals surface area (Å²) in [5.41, 5.74) is 1.44. The minimum Gasteiger partial charge on any atom is -0.466 e. The van der Waals surface area contributed by atoms with E-state index < -0.39 is 0 Å². The van der Waals surface area contributed by atoms with Crippen molar-refractivity contribution in [2.24, 2.45) is 5.16 Å². The van der Waals surface area contributed by atoms with E-state index in [9.17, 15) is 4.79 Å². The molecular weight excluding hydrogens is 218 g/mol. The maximum atomic E-state index is 11.5. The van der Waals surface area contributed by atoms with Gasteiger partial charge in [0.1, 0.15) is 0 Å². The quantitative estimate of drug-likeness (QED) is 0.369. The number of esters is 1. The molecule has 1 rings (SSSR count). The van der Waals surface area contributed by atoms with E-state index >= 15 is 0 Å². The second-order valence-electron chi connectivity index (χ2n) is 3.71. The van der Waals surface area contributed by atoms with E-state index in [1.54, 1.807) is 13.8 Å². The summed E-state index contributed by atoms with van der Waals surface area (Å²) in [5.74, 6) is -0.524. The highest BCUT2D eigenvalue weighted by Crippen LogP contribution is 2.21. The van der Waals surface area contributed by atoms with Crippen molar-refractivity contribution in [1.29, 1.82) is 0 Å². The third-order valence-electron chi connectivity index (χ3n) is 2.54. The van der Waals surface area contributed by atoms with Gasteiger partial charge < -0.3 is 9.94 Å². The number of oxime groups is 1. The Morgan fingerprint density at radius 2 is 2.06 bits per heavy atom. The Morgan fingerprint density at radius 1 is 1.41 bits per heavy atom. The van der Waals surface area contributed by atoms with Crippen LogP contribution in [-0.4, -0.2) is 23.5 Å². The lowest BCUT2D eigenvalue weighted by Gasteiger charge is -2.15. The summed E-state index contributed by atoms with van der Waals surface area (Å²) in [6.45, 7) is 3.81. The van der Waals surface area contributed by atoms with E-state index in [2.05, 4.69) is 5.16 Å². The third-order valence-corrected chi connectivity index (χ3v) is 2.54. The van der Waals surface area contributed by atoms with E-state index in [4.69, 9.17) is 9.94 Å². The van der Waals surface area contributed by atoms with Gasteiger partial charge in [0.15, 0.2) is 0 Å². The van der Waals surface area contributed by atoms with Crippen LogP contribution < -0.4 is 0 Å². The number of benzene rings is 1. The first kappa shape index (κ1) is 13.2. The Hall–Kier alpha value is -1.84. The zero-order valence-corrected chi connectivity index (χ0v) is 10.1. The number of nitrogens with zero attached hydrogens (tertiary/aromatic N) is 1. The molecule has 1 N–H and O–H groups in total. The average Bonchev–Trinajstić information content (AvgIpc) is 2.36. The van der Waals surface area contributed by atoms with E-state index in [1.165, 1.54) is 0 Å². The van der Waals surface area contributed by atoms with Gasteiger partial charge in [0.25, 0.3) is 0 Å². The molecule has 4 nitrogen and oxygen atoms in total. The second-order valence-corrected chi connectivity index (χ2v) is 3.71. The second kappa shape index (κ2) is 6.68. The molecule has 17 heavy (non-hydrogen) atoms. The normalized spacial score (nSPS) is 13.2. The Labute approximate surface area is 101 Å². The first-order valence-corrected chi connectivity index (χ1v) is 5.58. The standard InChI is InChI=1S/C13H17NO3/c1-3-17-13(15)9-12(10(2)14-16)11-7-5-4-6-8-11/h4-8,12,16H,3,9H2,1-2H3/t12-/m1/s1. The van der Waals surface area contributed by atoms with Crippen LogP contribution in [0.4, 0.5) is 0 Å². The molecule has 0 spiro atoms. The topological polar surface area (TPSA) is 58.9 Å². The molecule has 0 aliphatic rings. The molecule has 92 valence electrons. The summed E-state index contributed by atoms with van der Waals surface area (Å²) < 4.78 is 4.91. The van der Waals surface area contributed by atoms with Crippen molar-refractivity contribution in [2.75, 3.05) is 6.61 Å². The van der Waals surface area contributed by atoms with Gasteiger partial charge in [0.2, 0.25) is 0 Å². The zero-order chi connectivity index (χ0) is 12.7. The van der Waals surface area contributed by atoms with Gasteiger partial charge in [-0.1, -0.05) is 35.5 Å². The molecule has 0 aliphatic heterocycles. The first-order chi connectivity index (χ1) is 8.19. The van der Waals surface area contributed by atoms with Gasteiger partial charge in [0.05, 0.1) is 18.7 Å². The van der Waals surface area contributed by atoms with Crippen molar-refractivity contribution in [3.05, 3.63) is 35.9 Å². The van der Waals surface area contributed by atoms with Crippen molar-refractivity contribution < 1.29 is 14.7 Å². The van der Waals surface area contributed by atoms with Gasteiger partial charge in [0, 0.05) is 5.92 Å². The summed E-state index contributed by atoms with van der Waals surface area (Å²) in [7, 11) is 0. The molecule has 0 saturated carbocycles. The van der Waals surface area contributed by atoms with E-state index in [0.717, 1.165) is 5.56 Å². The molecule has 1 aromatic rings. The molecule has 0 amide bonds. The predicted octanol–water partition coefficient (Wildman–Crippen LogP) is 2.57. The fourth-order valence-electron chi connectivity index (χ4n) is 1.65. The lowest BCUT2D eigenvalue weighted by atomic mass is 9.92. The van der Waals surface area contributed by atoms with Crippen LogP contribution in [0.1, 0.15) is 31.7 Å². The highest BCUT2D eigenvalue weighted by atomic mass is 16.5. The van der Waals surface area contributed by atoms with Crippen LogP contribution in [0.25, 0.3) is 0 Å². The van der Waals surface area contributed by atoms with Gasteiger partial charge in [-0.05, 0) is 19.4 Å². The maximum absolute atomic E-state index is 11.5. The molecule has 0 saturated heterocycles. The number of carbonyl (C=O) groups is 1. The number of hydrogen-bond donors (Lipinski definition) is 1. The summed E-state index contributed by atoms with van der Waals surface area (Å²) in [6.07, 6.45) is 0.188. The van der Waals surface area contributed by atoms with Gasteiger partial charge in [-0.25, -0.2) is 0 Å². The summed E-state index contributed by atoms with van der Waals surface area (Å²) >= 11 is 0. The summed E-state index contributed by atoms with van der Waals surface area (Å²) in [5, 5.41) is 12.0. The highest BCUT2D eigenvalue weighted by molar-refractivity contribution is 5.91. The van der Waals surface area contributed by atoms with Crippen molar-refractivity contribution in [3.63, 3.8) is 0 Å². The summed E-state index contributed by atoms with van der Waals surface area (Å²) in [6, 6.07) is 9.48. The Kier molecular flexibility index (Phi) is 5.20. The molecule has 4 heteroatoms. The Morgan fingerprint density at radius 3 is 2.59 bits per heavy atom. The fourth-order valence-corrected chi connectivity index (χ4v) is 1.65. The lowest BCUT2D eigenvalue weighted by Crippen LogP contribution is -2.16. The number of carbonyl (C=O) groups excluding carboxylic acids is 1. The molecule has 1 atom stereocenters. The van der Waals surface area contributed by atoms with Crippen molar-refractivity contribution in [1.82, 2.24) is 0 Å². The third kappa shape index (κ3) is 3.90. The largest absolute Gasteiger partial charge is 0.466 e. The molecular formula is C13H17NO3. The number of rotatable bonds is 5. The SMILES string of the molecule is CCOC(=O)C[C@H](C(C)=NO)c1ccccc1. The van der Waals surface area contributed by atoms with Crippen LogP contribution in [0.15, 0.2) is 35.5 Å². The van der Waals surface area contributed by atoms with Crippen molar-refractivity contribution in [2.45, 2.75) is 26.2 Å². The van der Waals surface area contributed by atoms with Crippen LogP contribution in [0.2, 0.25) is 0 Å².